The second-order valence-corrected chi connectivity index (χ2v) is 4.78. The van der Waals surface area contributed by atoms with Gasteiger partial charge in [-0.2, -0.15) is 0 Å². The molecule has 0 amide bonds. The van der Waals surface area contributed by atoms with Crippen LogP contribution in [0.5, 0.6) is 0 Å². The third kappa shape index (κ3) is 1.74. The lowest BCUT2D eigenvalue weighted by Gasteiger charge is -2.08. The molecule has 0 radical (unpaired) electrons. The van der Waals surface area contributed by atoms with Gasteiger partial charge in [0.2, 0.25) is 0 Å². The van der Waals surface area contributed by atoms with Crippen LogP contribution >= 0.6 is 0 Å². The van der Waals surface area contributed by atoms with E-state index in [-0.39, 0.29) is 0 Å². The van der Waals surface area contributed by atoms with Gasteiger partial charge in [0.1, 0.15) is 0 Å². The average Bonchev–Trinajstić information content (AvgIpc) is 2.56. The van der Waals surface area contributed by atoms with E-state index in [4.69, 9.17) is 0 Å². The van der Waals surface area contributed by atoms with Crippen molar-refractivity contribution in [1.82, 2.24) is 4.57 Å². The highest BCUT2D eigenvalue weighted by atomic mass is 16.3. The van der Waals surface area contributed by atoms with Crippen LogP contribution in [0.1, 0.15) is 44.0 Å². The normalized spacial score (nSPS) is 13.6. The van der Waals surface area contributed by atoms with Gasteiger partial charge in [-0.05, 0) is 39.8 Å². The Morgan fingerprint density at radius 2 is 1.88 bits per heavy atom. The Labute approximate surface area is 96.5 Å². The molecular formula is C14H19NO. The minimum atomic E-state index is -0.413. The van der Waals surface area contributed by atoms with E-state index >= 15 is 0 Å². The summed E-state index contributed by atoms with van der Waals surface area (Å²) < 4.78 is 2.22. The van der Waals surface area contributed by atoms with Gasteiger partial charge in [0.05, 0.1) is 6.10 Å². The van der Waals surface area contributed by atoms with Crippen molar-refractivity contribution in [1.29, 1.82) is 0 Å². The number of aryl methyl sites for hydroxylation is 1. The van der Waals surface area contributed by atoms with Crippen molar-refractivity contribution in [2.24, 2.45) is 0 Å². The van der Waals surface area contributed by atoms with Crippen molar-refractivity contribution in [3.05, 3.63) is 35.5 Å². The molecule has 1 aromatic carbocycles. The van der Waals surface area contributed by atoms with Gasteiger partial charge < -0.3 is 9.67 Å². The first-order valence-corrected chi connectivity index (χ1v) is 5.80. The molecule has 0 aliphatic heterocycles. The van der Waals surface area contributed by atoms with E-state index in [0.717, 1.165) is 5.56 Å². The molecule has 0 spiro atoms. The summed E-state index contributed by atoms with van der Waals surface area (Å²) in [7, 11) is 0. The zero-order valence-corrected chi connectivity index (χ0v) is 10.4. The summed E-state index contributed by atoms with van der Waals surface area (Å²) in [4.78, 5) is 0. The fourth-order valence-corrected chi connectivity index (χ4v) is 2.16. The number of hydrogen-bond acceptors (Lipinski definition) is 1. The van der Waals surface area contributed by atoms with Gasteiger partial charge in [0.15, 0.2) is 0 Å². The summed E-state index contributed by atoms with van der Waals surface area (Å²) >= 11 is 0. The van der Waals surface area contributed by atoms with E-state index in [1.54, 1.807) is 0 Å². The van der Waals surface area contributed by atoms with Crippen LogP contribution in [0.2, 0.25) is 0 Å². The molecule has 0 aliphatic carbocycles. The van der Waals surface area contributed by atoms with Crippen molar-refractivity contribution in [2.75, 3.05) is 0 Å². The number of nitrogens with zero attached hydrogens (tertiary/aromatic N) is 1. The smallest absolute Gasteiger partial charge is 0.0782 e. The summed E-state index contributed by atoms with van der Waals surface area (Å²) in [5, 5.41) is 11.0. The second-order valence-electron chi connectivity index (χ2n) is 4.78. The van der Waals surface area contributed by atoms with Gasteiger partial charge in [-0.25, -0.2) is 0 Å². The SMILES string of the molecule is Cc1ccc2c(c1)c(C(C)O)cn2C(C)C. The maximum absolute atomic E-state index is 9.79. The molecule has 2 heteroatoms. The lowest BCUT2D eigenvalue weighted by Crippen LogP contribution is -1.98. The molecule has 2 nitrogen and oxygen atoms in total. The lowest BCUT2D eigenvalue weighted by atomic mass is 10.1. The number of aromatic nitrogens is 1. The summed E-state index contributed by atoms with van der Waals surface area (Å²) in [5.41, 5.74) is 3.46. The lowest BCUT2D eigenvalue weighted by molar-refractivity contribution is 0.200. The first-order chi connectivity index (χ1) is 7.50. The maximum Gasteiger partial charge on any atom is 0.0782 e. The summed E-state index contributed by atoms with van der Waals surface area (Å²) in [5.74, 6) is 0. The third-order valence-corrected chi connectivity index (χ3v) is 3.03. The zero-order chi connectivity index (χ0) is 11.9. The highest BCUT2D eigenvalue weighted by Crippen LogP contribution is 2.29. The average molecular weight is 217 g/mol. The number of hydrogen-bond donors (Lipinski definition) is 1. The first kappa shape index (κ1) is 11.2. The molecule has 0 saturated carbocycles. The van der Waals surface area contributed by atoms with Gasteiger partial charge in [0, 0.05) is 28.7 Å². The Balaban J connectivity index is 2.76. The summed E-state index contributed by atoms with van der Waals surface area (Å²) in [6, 6.07) is 6.82. The monoisotopic (exact) mass is 217 g/mol. The second kappa shape index (κ2) is 3.95. The number of rotatable bonds is 2. The Kier molecular flexibility index (Phi) is 2.76. The topological polar surface area (TPSA) is 25.2 Å². The molecule has 1 aromatic heterocycles. The maximum atomic E-state index is 9.79. The quantitative estimate of drug-likeness (QED) is 0.817. The minimum Gasteiger partial charge on any atom is -0.389 e. The summed E-state index contributed by atoms with van der Waals surface area (Å²) in [6.45, 7) is 8.22. The van der Waals surface area contributed by atoms with Gasteiger partial charge in [-0.1, -0.05) is 11.6 Å². The van der Waals surface area contributed by atoms with Crippen LogP contribution in [0, 0.1) is 6.92 Å². The van der Waals surface area contributed by atoms with E-state index in [2.05, 4.69) is 49.7 Å². The number of aliphatic hydroxyl groups excluding tert-OH is 1. The Morgan fingerprint density at radius 1 is 1.19 bits per heavy atom. The third-order valence-electron chi connectivity index (χ3n) is 3.03. The van der Waals surface area contributed by atoms with Gasteiger partial charge >= 0.3 is 0 Å². The van der Waals surface area contributed by atoms with Crippen molar-refractivity contribution >= 4 is 10.9 Å². The molecule has 1 atom stereocenters. The Hall–Kier alpha value is -1.28. The van der Waals surface area contributed by atoms with Crippen LogP contribution in [0.3, 0.4) is 0 Å². The molecule has 86 valence electrons. The van der Waals surface area contributed by atoms with Crippen LogP contribution < -0.4 is 0 Å². The fraction of sp³-hybridized carbons (Fsp3) is 0.429. The molecule has 0 aliphatic rings. The standard InChI is InChI=1S/C14H19NO/c1-9(2)15-8-13(11(4)16)12-7-10(3)5-6-14(12)15/h5-9,11,16H,1-4H3. The van der Waals surface area contributed by atoms with Crippen LogP contribution in [-0.2, 0) is 0 Å². The van der Waals surface area contributed by atoms with E-state index in [1.165, 1.54) is 16.5 Å². The van der Waals surface area contributed by atoms with Crippen molar-refractivity contribution in [3.8, 4) is 0 Å². The minimum absolute atomic E-state index is 0.413. The van der Waals surface area contributed by atoms with Crippen molar-refractivity contribution < 1.29 is 5.11 Å². The molecule has 0 saturated heterocycles. The number of fused-ring (bicyclic) bond motifs is 1. The van der Waals surface area contributed by atoms with Crippen molar-refractivity contribution in [2.45, 2.75) is 39.8 Å². The van der Waals surface area contributed by atoms with Gasteiger partial charge in [0.25, 0.3) is 0 Å². The van der Waals surface area contributed by atoms with Gasteiger partial charge in [-0.15, -0.1) is 0 Å². The van der Waals surface area contributed by atoms with Crippen LogP contribution in [0.4, 0.5) is 0 Å². The van der Waals surface area contributed by atoms with E-state index < -0.39 is 6.10 Å². The molecule has 2 rings (SSSR count). The Bertz CT molecular complexity index is 509. The van der Waals surface area contributed by atoms with Crippen LogP contribution in [-0.4, -0.2) is 9.67 Å². The van der Waals surface area contributed by atoms with Crippen LogP contribution in [0.15, 0.2) is 24.4 Å². The van der Waals surface area contributed by atoms with Gasteiger partial charge in [-0.3, -0.25) is 0 Å². The number of benzene rings is 1. The molecule has 0 fully saturated rings. The van der Waals surface area contributed by atoms with Crippen molar-refractivity contribution in [3.63, 3.8) is 0 Å². The molecule has 1 N–H and O–H groups in total. The molecule has 16 heavy (non-hydrogen) atoms. The highest BCUT2D eigenvalue weighted by molar-refractivity contribution is 5.85. The van der Waals surface area contributed by atoms with E-state index in [1.807, 2.05) is 6.92 Å². The first-order valence-electron chi connectivity index (χ1n) is 5.80. The molecular weight excluding hydrogens is 198 g/mol. The molecule has 1 unspecified atom stereocenters. The zero-order valence-electron chi connectivity index (χ0n) is 10.4. The Morgan fingerprint density at radius 3 is 2.44 bits per heavy atom. The summed E-state index contributed by atoms with van der Waals surface area (Å²) in [6.07, 6.45) is 1.66. The van der Waals surface area contributed by atoms with E-state index in [9.17, 15) is 5.11 Å². The highest BCUT2D eigenvalue weighted by Gasteiger charge is 2.13. The predicted molar refractivity (Wildman–Crippen MR) is 67.7 cm³/mol. The molecule has 1 heterocycles. The fourth-order valence-electron chi connectivity index (χ4n) is 2.16. The number of aliphatic hydroxyl groups is 1. The van der Waals surface area contributed by atoms with E-state index in [0.29, 0.717) is 6.04 Å². The molecule has 2 aromatic rings. The molecule has 0 bridgehead atoms. The van der Waals surface area contributed by atoms with Crippen LogP contribution in [0.25, 0.3) is 10.9 Å². The predicted octanol–water partition coefficient (Wildman–Crippen LogP) is 3.58. The largest absolute Gasteiger partial charge is 0.389 e.